The fourth-order valence-corrected chi connectivity index (χ4v) is 2.81. The number of esters is 1. The van der Waals surface area contributed by atoms with E-state index in [1.54, 1.807) is 0 Å². The van der Waals surface area contributed by atoms with Gasteiger partial charge in [0.05, 0.1) is 0 Å². The normalized spacial score (nSPS) is 21.5. The number of ether oxygens (including phenoxy) is 1. The van der Waals surface area contributed by atoms with Crippen LogP contribution in [0.15, 0.2) is 34.9 Å². The van der Waals surface area contributed by atoms with Crippen molar-refractivity contribution in [3.8, 4) is 0 Å². The molecule has 0 N–H and O–H groups in total. The molecule has 1 atom stereocenters. The van der Waals surface area contributed by atoms with Crippen LogP contribution in [0.4, 0.5) is 0 Å². The van der Waals surface area contributed by atoms with Crippen molar-refractivity contribution >= 4 is 5.97 Å². The smallest absolute Gasteiger partial charge is 0.305 e. The van der Waals surface area contributed by atoms with Crippen LogP contribution in [0, 0.1) is 5.41 Å². The summed E-state index contributed by atoms with van der Waals surface area (Å²) < 4.78 is 5.53. The molecular formula is C20H34O2. The van der Waals surface area contributed by atoms with E-state index in [4.69, 9.17) is 4.74 Å². The van der Waals surface area contributed by atoms with E-state index in [1.165, 1.54) is 16.7 Å². The van der Waals surface area contributed by atoms with Crippen LogP contribution in [0.2, 0.25) is 0 Å². The first kappa shape index (κ1) is 20.7. The van der Waals surface area contributed by atoms with Crippen molar-refractivity contribution in [2.45, 2.75) is 80.8 Å². The summed E-state index contributed by atoms with van der Waals surface area (Å²) in [5, 5.41) is 0. The highest BCUT2D eigenvalue weighted by molar-refractivity contribution is 5.69. The minimum atomic E-state index is -0.0950. The van der Waals surface area contributed by atoms with Crippen molar-refractivity contribution in [2.24, 2.45) is 5.41 Å². The Morgan fingerprint density at radius 3 is 2.41 bits per heavy atom. The molecule has 0 radical (unpaired) electrons. The molecule has 1 rings (SSSR count). The molecule has 22 heavy (non-hydrogen) atoms. The largest absolute Gasteiger partial charge is 0.462 e. The molecule has 1 unspecified atom stereocenters. The molecule has 126 valence electrons. The minimum Gasteiger partial charge on any atom is -0.462 e. The fourth-order valence-electron chi connectivity index (χ4n) is 2.81. The van der Waals surface area contributed by atoms with Crippen molar-refractivity contribution in [2.75, 3.05) is 0 Å². The third kappa shape index (κ3) is 6.21. The van der Waals surface area contributed by atoms with Gasteiger partial charge < -0.3 is 4.74 Å². The highest BCUT2D eigenvalue weighted by atomic mass is 16.5. The zero-order valence-corrected chi connectivity index (χ0v) is 15.7. The van der Waals surface area contributed by atoms with Gasteiger partial charge in [0.1, 0.15) is 6.10 Å². The topological polar surface area (TPSA) is 26.3 Å². The molecule has 0 amide bonds. The Hall–Kier alpha value is -1.31. The average molecular weight is 306 g/mol. The van der Waals surface area contributed by atoms with Gasteiger partial charge in [0.25, 0.3) is 0 Å². The third-order valence-electron chi connectivity index (χ3n) is 4.02. The Kier molecular flexibility index (Phi) is 9.08. The van der Waals surface area contributed by atoms with Gasteiger partial charge in [0.15, 0.2) is 0 Å². The van der Waals surface area contributed by atoms with E-state index in [9.17, 15) is 4.79 Å². The molecule has 0 spiro atoms. The Morgan fingerprint density at radius 2 is 1.95 bits per heavy atom. The van der Waals surface area contributed by atoms with Crippen LogP contribution in [0.25, 0.3) is 0 Å². The summed E-state index contributed by atoms with van der Waals surface area (Å²) in [4.78, 5) is 11.5. The molecule has 0 aromatic carbocycles. The lowest BCUT2D eigenvalue weighted by molar-refractivity contribution is -0.150. The van der Waals surface area contributed by atoms with Gasteiger partial charge in [0.2, 0.25) is 0 Å². The number of carbonyl (C=O) groups excluding carboxylic acids is 1. The second-order valence-corrected chi connectivity index (χ2v) is 6.32. The van der Waals surface area contributed by atoms with Crippen LogP contribution in [0.5, 0.6) is 0 Å². The van der Waals surface area contributed by atoms with Crippen molar-refractivity contribution in [1.82, 2.24) is 0 Å². The predicted octanol–water partition coefficient (Wildman–Crippen LogP) is 5.99. The van der Waals surface area contributed by atoms with Gasteiger partial charge in [0, 0.05) is 12.8 Å². The third-order valence-corrected chi connectivity index (χ3v) is 4.02. The number of allylic oxidation sites excluding steroid dienone is 5. The van der Waals surface area contributed by atoms with Crippen molar-refractivity contribution in [1.29, 1.82) is 0 Å². The van der Waals surface area contributed by atoms with E-state index in [-0.39, 0.29) is 17.5 Å². The first-order chi connectivity index (χ1) is 10.3. The average Bonchev–Trinajstić information content (AvgIpc) is 2.47. The Bertz CT molecular complexity index is 450. The van der Waals surface area contributed by atoms with Gasteiger partial charge in [-0.05, 0) is 38.2 Å². The van der Waals surface area contributed by atoms with Crippen LogP contribution in [0.1, 0.15) is 74.7 Å². The molecule has 0 heterocycles. The number of carbonyl (C=O) groups is 1. The molecule has 0 aromatic heterocycles. The van der Waals surface area contributed by atoms with Crippen LogP contribution in [-0.4, -0.2) is 12.1 Å². The maximum Gasteiger partial charge on any atom is 0.305 e. The Balaban J connectivity index is 0.00000211. The number of rotatable bonds is 4. The van der Waals surface area contributed by atoms with Gasteiger partial charge >= 0.3 is 5.97 Å². The van der Waals surface area contributed by atoms with E-state index < -0.39 is 0 Å². The van der Waals surface area contributed by atoms with Crippen LogP contribution >= 0.6 is 0 Å². The standard InChI is InChI=1S/C18H28O2.C2H6/c1-7-13(3)9-10-16-14(4)11-15(12-18(16,5)6)20-17(19)8-2;1-2/h7,9-10,15H,8,11-12H2,1-6H3;1-2H3/b10-9+,13-7+;. The summed E-state index contributed by atoms with van der Waals surface area (Å²) in [6.45, 7) is 16.6. The fraction of sp³-hybridized carbons (Fsp3) is 0.650. The van der Waals surface area contributed by atoms with Crippen LogP contribution in [-0.2, 0) is 9.53 Å². The molecule has 0 aromatic rings. The van der Waals surface area contributed by atoms with Gasteiger partial charge in [-0.2, -0.15) is 0 Å². The first-order valence-electron chi connectivity index (χ1n) is 8.50. The Morgan fingerprint density at radius 1 is 1.36 bits per heavy atom. The summed E-state index contributed by atoms with van der Waals surface area (Å²) in [5.41, 5.74) is 4.02. The summed E-state index contributed by atoms with van der Waals surface area (Å²) in [5.74, 6) is -0.0950. The van der Waals surface area contributed by atoms with Crippen LogP contribution in [0.3, 0.4) is 0 Å². The summed E-state index contributed by atoms with van der Waals surface area (Å²) in [7, 11) is 0. The highest BCUT2D eigenvalue weighted by Gasteiger charge is 2.34. The second kappa shape index (κ2) is 9.66. The van der Waals surface area contributed by atoms with Gasteiger partial charge in [-0.3, -0.25) is 4.79 Å². The van der Waals surface area contributed by atoms with Crippen molar-refractivity contribution in [3.63, 3.8) is 0 Å². The molecule has 0 bridgehead atoms. The lowest BCUT2D eigenvalue weighted by Crippen LogP contribution is -2.31. The van der Waals surface area contributed by atoms with Gasteiger partial charge in [-0.15, -0.1) is 0 Å². The molecule has 0 aliphatic heterocycles. The molecule has 2 nitrogen and oxygen atoms in total. The van der Waals surface area contributed by atoms with E-state index in [1.807, 2.05) is 27.7 Å². The molecule has 0 saturated carbocycles. The molecule has 0 fully saturated rings. The lowest BCUT2D eigenvalue weighted by Gasteiger charge is -2.37. The zero-order chi connectivity index (χ0) is 17.3. The van der Waals surface area contributed by atoms with E-state index in [2.05, 4.69) is 45.9 Å². The Labute approximate surface area is 137 Å². The van der Waals surface area contributed by atoms with E-state index in [0.29, 0.717) is 6.42 Å². The summed E-state index contributed by atoms with van der Waals surface area (Å²) in [6.07, 6.45) is 8.72. The molecule has 1 aliphatic carbocycles. The molecule has 0 saturated heterocycles. The van der Waals surface area contributed by atoms with E-state index >= 15 is 0 Å². The monoisotopic (exact) mass is 306 g/mol. The number of hydrogen-bond donors (Lipinski definition) is 0. The van der Waals surface area contributed by atoms with Crippen LogP contribution < -0.4 is 0 Å². The summed E-state index contributed by atoms with van der Waals surface area (Å²) >= 11 is 0. The number of hydrogen-bond acceptors (Lipinski definition) is 2. The van der Waals surface area contributed by atoms with Crippen molar-refractivity contribution in [3.05, 3.63) is 34.9 Å². The SMILES string of the molecule is C/C=C(C)/C=C/C1=C(C)CC(OC(=O)CC)CC1(C)C.CC. The quantitative estimate of drug-likeness (QED) is 0.471. The maximum atomic E-state index is 11.5. The highest BCUT2D eigenvalue weighted by Crippen LogP contribution is 2.42. The summed E-state index contributed by atoms with van der Waals surface area (Å²) in [6, 6.07) is 0. The first-order valence-corrected chi connectivity index (χ1v) is 8.50. The predicted molar refractivity (Wildman–Crippen MR) is 95.8 cm³/mol. The molecule has 1 aliphatic rings. The van der Waals surface area contributed by atoms with Gasteiger partial charge in [-0.1, -0.05) is 64.0 Å². The zero-order valence-electron chi connectivity index (χ0n) is 15.7. The van der Waals surface area contributed by atoms with Gasteiger partial charge in [-0.25, -0.2) is 0 Å². The minimum absolute atomic E-state index is 0.0254. The second-order valence-electron chi connectivity index (χ2n) is 6.32. The molecule has 2 heteroatoms. The lowest BCUT2D eigenvalue weighted by atomic mass is 9.71. The molecular weight excluding hydrogens is 272 g/mol. The maximum absolute atomic E-state index is 11.5. The van der Waals surface area contributed by atoms with E-state index in [0.717, 1.165) is 12.8 Å². The van der Waals surface area contributed by atoms with Crippen molar-refractivity contribution < 1.29 is 9.53 Å².